The van der Waals surface area contributed by atoms with Gasteiger partial charge in [-0.1, -0.05) is 6.07 Å². The van der Waals surface area contributed by atoms with Crippen molar-refractivity contribution >= 4 is 17.2 Å². The van der Waals surface area contributed by atoms with Crippen molar-refractivity contribution in [3.8, 4) is 0 Å². The van der Waals surface area contributed by atoms with Gasteiger partial charge >= 0.3 is 0 Å². The van der Waals surface area contributed by atoms with Crippen LogP contribution in [0.4, 0.5) is 0 Å². The first-order chi connectivity index (χ1) is 9.20. The summed E-state index contributed by atoms with van der Waals surface area (Å²) in [6.07, 6.45) is 2.72. The maximum atomic E-state index is 12.5. The molecule has 19 heavy (non-hydrogen) atoms. The van der Waals surface area contributed by atoms with Crippen LogP contribution in [0.25, 0.3) is 0 Å². The van der Waals surface area contributed by atoms with E-state index in [1.54, 1.807) is 18.4 Å². The summed E-state index contributed by atoms with van der Waals surface area (Å²) in [5, 5.41) is 2.04. The molecule has 0 aromatic carbocycles. The Bertz CT molecular complexity index is 394. The second-order valence-corrected chi connectivity index (χ2v) is 6.13. The zero-order valence-electron chi connectivity index (χ0n) is 11.4. The van der Waals surface area contributed by atoms with Gasteiger partial charge < -0.3 is 15.4 Å². The van der Waals surface area contributed by atoms with Gasteiger partial charge in [0.25, 0.3) is 0 Å². The molecule has 2 unspecified atom stereocenters. The summed E-state index contributed by atoms with van der Waals surface area (Å²) in [7, 11) is 1.67. The summed E-state index contributed by atoms with van der Waals surface area (Å²) in [6, 6.07) is 4.28. The Balaban J connectivity index is 1.97. The molecule has 1 aromatic heterocycles. The molecule has 1 aromatic rings. The summed E-state index contributed by atoms with van der Waals surface area (Å²) in [6.45, 7) is 1.92. The van der Waals surface area contributed by atoms with E-state index in [0.29, 0.717) is 19.7 Å². The highest BCUT2D eigenvalue weighted by molar-refractivity contribution is 7.09. The zero-order chi connectivity index (χ0) is 13.7. The van der Waals surface area contributed by atoms with Crippen molar-refractivity contribution in [2.75, 3.05) is 20.3 Å². The van der Waals surface area contributed by atoms with E-state index in [1.807, 2.05) is 16.3 Å². The van der Waals surface area contributed by atoms with Crippen molar-refractivity contribution in [1.29, 1.82) is 0 Å². The molecule has 2 atom stereocenters. The first-order valence-corrected chi connectivity index (χ1v) is 7.64. The van der Waals surface area contributed by atoms with Gasteiger partial charge in [-0.2, -0.15) is 0 Å². The van der Waals surface area contributed by atoms with Crippen LogP contribution in [-0.2, 0) is 16.1 Å². The van der Waals surface area contributed by atoms with E-state index in [1.165, 1.54) is 4.88 Å². The Morgan fingerprint density at radius 2 is 2.42 bits per heavy atom. The number of methoxy groups -OCH3 is 1. The Hall–Kier alpha value is -0.910. The average molecular weight is 282 g/mol. The molecular formula is C14H22N2O2S. The monoisotopic (exact) mass is 282 g/mol. The third-order valence-corrected chi connectivity index (χ3v) is 4.49. The highest BCUT2D eigenvalue weighted by Gasteiger charge is 2.31. The maximum absolute atomic E-state index is 12.5. The fraction of sp³-hybridized carbons (Fsp3) is 0.643. The Morgan fingerprint density at radius 3 is 3.00 bits per heavy atom. The molecule has 0 bridgehead atoms. The topological polar surface area (TPSA) is 55.6 Å². The molecule has 1 aliphatic carbocycles. The molecule has 0 radical (unpaired) electrons. The van der Waals surface area contributed by atoms with Gasteiger partial charge in [0, 0.05) is 30.5 Å². The lowest BCUT2D eigenvalue weighted by Crippen LogP contribution is -2.37. The maximum Gasteiger partial charge on any atom is 0.226 e. The van der Waals surface area contributed by atoms with Gasteiger partial charge in [0.2, 0.25) is 5.91 Å². The number of hydrogen-bond donors (Lipinski definition) is 1. The molecule has 106 valence electrons. The molecule has 0 spiro atoms. The van der Waals surface area contributed by atoms with E-state index in [4.69, 9.17) is 10.5 Å². The number of thiophene rings is 1. The second-order valence-electron chi connectivity index (χ2n) is 5.10. The minimum Gasteiger partial charge on any atom is -0.383 e. The largest absolute Gasteiger partial charge is 0.383 e. The summed E-state index contributed by atoms with van der Waals surface area (Å²) in [5.41, 5.74) is 5.91. The lowest BCUT2D eigenvalue weighted by molar-refractivity contribution is -0.136. The number of hydrogen-bond acceptors (Lipinski definition) is 4. The number of rotatable bonds is 6. The fourth-order valence-electron chi connectivity index (χ4n) is 2.56. The molecule has 1 heterocycles. The van der Waals surface area contributed by atoms with E-state index in [0.717, 1.165) is 19.3 Å². The predicted molar refractivity (Wildman–Crippen MR) is 76.9 cm³/mol. The molecule has 0 saturated heterocycles. The molecule has 4 nitrogen and oxygen atoms in total. The van der Waals surface area contributed by atoms with Gasteiger partial charge in [0.1, 0.15) is 0 Å². The number of carbonyl (C=O) groups is 1. The van der Waals surface area contributed by atoms with Crippen LogP contribution in [0.15, 0.2) is 17.5 Å². The number of nitrogens with zero attached hydrogens (tertiary/aromatic N) is 1. The summed E-state index contributed by atoms with van der Waals surface area (Å²) >= 11 is 1.69. The zero-order valence-corrected chi connectivity index (χ0v) is 12.2. The molecule has 1 fully saturated rings. The first kappa shape index (κ1) is 14.5. The van der Waals surface area contributed by atoms with Crippen molar-refractivity contribution in [3.05, 3.63) is 22.4 Å². The second kappa shape index (κ2) is 7.03. The van der Waals surface area contributed by atoms with E-state index < -0.39 is 0 Å². The molecule has 2 N–H and O–H groups in total. The lowest BCUT2D eigenvalue weighted by atomic mass is 10.1. The molecular weight excluding hydrogens is 260 g/mol. The minimum atomic E-state index is 0.104. The van der Waals surface area contributed by atoms with Crippen molar-refractivity contribution in [1.82, 2.24) is 4.90 Å². The molecule has 1 amide bonds. The van der Waals surface area contributed by atoms with Crippen molar-refractivity contribution < 1.29 is 9.53 Å². The van der Waals surface area contributed by atoms with Crippen LogP contribution < -0.4 is 5.73 Å². The van der Waals surface area contributed by atoms with Crippen LogP contribution in [0.3, 0.4) is 0 Å². The average Bonchev–Trinajstić information content (AvgIpc) is 3.05. The van der Waals surface area contributed by atoms with Crippen molar-refractivity contribution in [2.24, 2.45) is 11.7 Å². The lowest BCUT2D eigenvalue weighted by Gasteiger charge is -2.25. The number of ether oxygens (including phenoxy) is 1. The van der Waals surface area contributed by atoms with Gasteiger partial charge in [-0.25, -0.2) is 0 Å². The highest BCUT2D eigenvalue weighted by Crippen LogP contribution is 2.27. The van der Waals surface area contributed by atoms with E-state index >= 15 is 0 Å². The fourth-order valence-corrected chi connectivity index (χ4v) is 3.28. The summed E-state index contributed by atoms with van der Waals surface area (Å²) < 4.78 is 5.11. The normalized spacial score (nSPS) is 22.6. The van der Waals surface area contributed by atoms with Crippen LogP contribution in [0.2, 0.25) is 0 Å². The van der Waals surface area contributed by atoms with E-state index in [2.05, 4.69) is 6.07 Å². The van der Waals surface area contributed by atoms with Crippen molar-refractivity contribution in [3.63, 3.8) is 0 Å². The van der Waals surface area contributed by atoms with Crippen LogP contribution >= 0.6 is 11.3 Å². The molecule has 1 saturated carbocycles. The molecule has 1 aliphatic rings. The molecule has 5 heteroatoms. The minimum absolute atomic E-state index is 0.104. The Labute approximate surface area is 118 Å². The number of carbonyl (C=O) groups excluding carboxylic acids is 1. The smallest absolute Gasteiger partial charge is 0.226 e. The summed E-state index contributed by atoms with van der Waals surface area (Å²) in [5.74, 6) is 0.338. The third kappa shape index (κ3) is 4.03. The SMILES string of the molecule is COCCN(Cc1cccs1)C(=O)C1CCC(N)C1. The van der Waals surface area contributed by atoms with Gasteiger partial charge in [0.05, 0.1) is 13.2 Å². The molecule has 2 rings (SSSR count). The van der Waals surface area contributed by atoms with E-state index in [9.17, 15) is 4.79 Å². The van der Waals surface area contributed by atoms with Gasteiger partial charge in [-0.05, 0) is 30.7 Å². The van der Waals surface area contributed by atoms with Crippen LogP contribution in [0.1, 0.15) is 24.1 Å². The van der Waals surface area contributed by atoms with Gasteiger partial charge in [-0.3, -0.25) is 4.79 Å². The van der Waals surface area contributed by atoms with Gasteiger partial charge in [0.15, 0.2) is 0 Å². The molecule has 0 aliphatic heterocycles. The first-order valence-electron chi connectivity index (χ1n) is 6.76. The Kier molecular flexibility index (Phi) is 5.36. The van der Waals surface area contributed by atoms with Gasteiger partial charge in [-0.15, -0.1) is 11.3 Å². The van der Waals surface area contributed by atoms with Crippen LogP contribution in [0.5, 0.6) is 0 Å². The van der Waals surface area contributed by atoms with Crippen LogP contribution in [0, 0.1) is 5.92 Å². The third-order valence-electron chi connectivity index (χ3n) is 3.63. The highest BCUT2D eigenvalue weighted by atomic mass is 32.1. The quantitative estimate of drug-likeness (QED) is 0.866. The number of amides is 1. The summed E-state index contributed by atoms with van der Waals surface area (Å²) in [4.78, 5) is 15.7. The Morgan fingerprint density at radius 1 is 1.58 bits per heavy atom. The number of nitrogens with two attached hydrogens (primary N) is 1. The van der Waals surface area contributed by atoms with Crippen LogP contribution in [-0.4, -0.2) is 37.1 Å². The standard InChI is InChI=1S/C14H22N2O2S/c1-18-7-6-16(10-13-3-2-8-19-13)14(17)11-4-5-12(15)9-11/h2-3,8,11-12H,4-7,9-10,15H2,1H3. The predicted octanol–water partition coefficient (Wildman–Crippen LogP) is 1.85. The van der Waals surface area contributed by atoms with Crippen molar-refractivity contribution in [2.45, 2.75) is 31.8 Å². The van der Waals surface area contributed by atoms with E-state index in [-0.39, 0.29) is 17.9 Å².